The molecule has 1 aromatic heterocycles. The molecular formula is C19H18FN2OS. The van der Waals surface area contributed by atoms with Gasteiger partial charge in [0, 0.05) is 13.1 Å². The molecule has 0 unspecified atom stereocenters. The number of aromatic nitrogens is 1. The Kier molecular flexibility index (Phi) is 4.10. The largest absolute Gasteiger partial charge is 0.370 e. The Morgan fingerprint density at radius 3 is 2.71 bits per heavy atom. The van der Waals surface area contributed by atoms with Gasteiger partial charge >= 0.3 is 5.19 Å². The van der Waals surface area contributed by atoms with Crippen molar-refractivity contribution in [3.05, 3.63) is 53.8 Å². The molecular weight excluding hydrogens is 323 g/mol. The summed E-state index contributed by atoms with van der Waals surface area (Å²) in [5.74, 6) is 0.401. The molecule has 3 nitrogen and oxygen atoms in total. The average molecular weight is 341 g/mol. The fourth-order valence-electron chi connectivity index (χ4n) is 3.52. The second kappa shape index (κ2) is 6.40. The third-order valence-corrected chi connectivity index (χ3v) is 5.61. The second-order valence-corrected chi connectivity index (χ2v) is 7.32. The lowest BCUT2D eigenvalue weighted by molar-refractivity contribution is 0.353. The molecule has 3 aromatic rings. The van der Waals surface area contributed by atoms with Crippen LogP contribution >= 0.6 is 11.3 Å². The Bertz CT molecular complexity index is 855. The standard InChI is InChI=1S/C19H18FN2OS/c20-15-5-2-1-4-14(15)12-13-8-10-22(11-9-13)16-6-3-7-17-18(16)21-19(23)24-17/h1-7,13H,8-12H2. The maximum atomic E-state index is 13.8. The summed E-state index contributed by atoms with van der Waals surface area (Å²) in [7, 11) is 0. The van der Waals surface area contributed by atoms with E-state index in [4.69, 9.17) is 0 Å². The van der Waals surface area contributed by atoms with Crippen LogP contribution in [-0.2, 0) is 11.5 Å². The molecule has 0 bridgehead atoms. The summed E-state index contributed by atoms with van der Waals surface area (Å²) in [5.41, 5.74) is 2.68. The van der Waals surface area contributed by atoms with Crippen molar-refractivity contribution in [1.29, 1.82) is 0 Å². The highest BCUT2D eigenvalue weighted by molar-refractivity contribution is 7.20. The molecule has 0 atom stereocenters. The number of hydrogen-bond acceptors (Lipinski definition) is 3. The van der Waals surface area contributed by atoms with Crippen molar-refractivity contribution in [1.82, 2.24) is 4.98 Å². The van der Waals surface area contributed by atoms with Crippen molar-refractivity contribution in [3.63, 3.8) is 0 Å². The number of halogens is 1. The molecule has 1 aliphatic rings. The van der Waals surface area contributed by atoms with Crippen LogP contribution in [0.3, 0.4) is 0 Å². The van der Waals surface area contributed by atoms with E-state index in [1.54, 1.807) is 6.07 Å². The SMILES string of the molecule is [O]c1nc2c(N3CCC(Cc4ccccc4F)CC3)cccc2s1. The minimum atomic E-state index is -0.133. The van der Waals surface area contributed by atoms with Crippen LogP contribution in [0.15, 0.2) is 42.5 Å². The minimum absolute atomic E-state index is 0.102. The van der Waals surface area contributed by atoms with Crippen LogP contribution in [0.2, 0.25) is 0 Å². The van der Waals surface area contributed by atoms with Crippen molar-refractivity contribution < 1.29 is 9.50 Å². The quantitative estimate of drug-likeness (QED) is 0.669. The first kappa shape index (κ1) is 15.4. The number of hydrogen-bond donors (Lipinski definition) is 0. The van der Waals surface area contributed by atoms with E-state index in [1.165, 1.54) is 17.4 Å². The predicted octanol–water partition coefficient (Wildman–Crippen LogP) is 5.04. The number of benzene rings is 2. The summed E-state index contributed by atoms with van der Waals surface area (Å²) in [4.78, 5) is 6.46. The average Bonchev–Trinajstić information content (AvgIpc) is 2.98. The summed E-state index contributed by atoms with van der Waals surface area (Å²) in [6.45, 7) is 1.84. The van der Waals surface area contributed by atoms with Gasteiger partial charge in [-0.15, -0.1) is 0 Å². The highest BCUT2D eigenvalue weighted by Gasteiger charge is 2.22. The molecule has 123 valence electrons. The van der Waals surface area contributed by atoms with E-state index in [9.17, 15) is 9.50 Å². The van der Waals surface area contributed by atoms with Gasteiger partial charge in [0.1, 0.15) is 11.3 Å². The molecule has 1 aliphatic heterocycles. The Morgan fingerprint density at radius 1 is 1.12 bits per heavy atom. The number of nitrogens with zero attached hydrogens (tertiary/aromatic N) is 2. The first-order valence-corrected chi connectivity index (χ1v) is 9.07. The molecule has 0 aliphatic carbocycles. The van der Waals surface area contributed by atoms with E-state index in [1.807, 2.05) is 30.3 Å². The number of anilines is 1. The molecule has 4 rings (SSSR count). The van der Waals surface area contributed by atoms with Crippen molar-refractivity contribution in [2.45, 2.75) is 19.3 Å². The summed E-state index contributed by atoms with van der Waals surface area (Å²) >= 11 is 1.20. The Labute approximate surface area is 144 Å². The van der Waals surface area contributed by atoms with Crippen molar-refractivity contribution in [2.75, 3.05) is 18.0 Å². The highest BCUT2D eigenvalue weighted by atomic mass is 32.1. The van der Waals surface area contributed by atoms with Crippen molar-refractivity contribution in [3.8, 4) is 5.19 Å². The van der Waals surface area contributed by atoms with E-state index in [2.05, 4.69) is 9.88 Å². The van der Waals surface area contributed by atoms with E-state index < -0.39 is 0 Å². The summed E-state index contributed by atoms with van der Waals surface area (Å²) in [6.07, 6.45) is 2.85. The maximum absolute atomic E-state index is 13.8. The number of rotatable bonds is 3. The van der Waals surface area contributed by atoms with Crippen LogP contribution < -0.4 is 4.90 Å². The van der Waals surface area contributed by atoms with Gasteiger partial charge in [0.05, 0.1) is 10.4 Å². The van der Waals surface area contributed by atoms with Gasteiger partial charge < -0.3 is 4.90 Å². The topological polar surface area (TPSA) is 36.0 Å². The minimum Gasteiger partial charge on any atom is -0.370 e. The first-order valence-electron chi connectivity index (χ1n) is 8.25. The van der Waals surface area contributed by atoms with E-state index in [-0.39, 0.29) is 11.0 Å². The van der Waals surface area contributed by atoms with Gasteiger partial charge in [-0.25, -0.2) is 4.39 Å². The van der Waals surface area contributed by atoms with Crippen LogP contribution in [0.1, 0.15) is 18.4 Å². The van der Waals surface area contributed by atoms with Gasteiger partial charge in [0.15, 0.2) is 0 Å². The molecule has 0 amide bonds. The second-order valence-electron chi connectivity index (χ2n) is 6.33. The number of fused-ring (bicyclic) bond motifs is 1. The summed E-state index contributed by atoms with van der Waals surface area (Å²) < 4.78 is 14.8. The highest BCUT2D eigenvalue weighted by Crippen LogP contribution is 2.35. The first-order chi connectivity index (χ1) is 11.7. The zero-order valence-electron chi connectivity index (χ0n) is 13.2. The zero-order valence-corrected chi connectivity index (χ0v) is 14.1. The number of para-hydroxylation sites is 1. The van der Waals surface area contributed by atoms with Crippen LogP contribution in [-0.4, -0.2) is 18.1 Å². The lowest BCUT2D eigenvalue weighted by atomic mass is 9.89. The van der Waals surface area contributed by atoms with Gasteiger partial charge in [-0.1, -0.05) is 35.6 Å². The number of thiazole rings is 1. The maximum Gasteiger partial charge on any atom is 0.327 e. The fourth-order valence-corrected chi connectivity index (χ4v) is 4.24. The summed E-state index contributed by atoms with van der Waals surface area (Å²) in [5, 5.41) is 11.4. The van der Waals surface area contributed by atoms with Crippen molar-refractivity contribution >= 4 is 27.2 Å². The van der Waals surface area contributed by atoms with E-state index in [0.717, 1.165) is 53.8 Å². The molecule has 1 saturated heterocycles. The molecule has 2 aromatic carbocycles. The van der Waals surface area contributed by atoms with Crippen molar-refractivity contribution in [2.24, 2.45) is 5.92 Å². The summed E-state index contributed by atoms with van der Waals surface area (Å²) in [6, 6.07) is 13.0. The number of piperidine rings is 1. The molecule has 0 saturated carbocycles. The lowest BCUT2D eigenvalue weighted by Crippen LogP contribution is -2.34. The Hall–Kier alpha value is -2.14. The van der Waals surface area contributed by atoms with Gasteiger partial charge in [0.25, 0.3) is 0 Å². The fraction of sp³-hybridized carbons (Fsp3) is 0.316. The van der Waals surface area contributed by atoms with E-state index in [0.29, 0.717) is 5.92 Å². The lowest BCUT2D eigenvalue weighted by Gasteiger charge is -2.33. The van der Waals surface area contributed by atoms with Crippen LogP contribution in [0, 0.1) is 11.7 Å². The van der Waals surface area contributed by atoms with Crippen LogP contribution in [0.25, 0.3) is 10.2 Å². The molecule has 0 N–H and O–H groups in total. The van der Waals surface area contributed by atoms with Gasteiger partial charge in [-0.2, -0.15) is 4.98 Å². The Balaban J connectivity index is 1.47. The zero-order chi connectivity index (χ0) is 16.5. The van der Waals surface area contributed by atoms with E-state index >= 15 is 0 Å². The third-order valence-electron chi connectivity index (χ3n) is 4.80. The molecule has 5 heteroatoms. The van der Waals surface area contributed by atoms with Gasteiger partial charge in [0.2, 0.25) is 0 Å². The molecule has 0 spiro atoms. The van der Waals surface area contributed by atoms with Gasteiger partial charge in [-0.3, -0.25) is 5.11 Å². The van der Waals surface area contributed by atoms with Crippen LogP contribution in [0.4, 0.5) is 10.1 Å². The predicted molar refractivity (Wildman–Crippen MR) is 94.8 cm³/mol. The molecule has 1 radical (unpaired) electrons. The smallest absolute Gasteiger partial charge is 0.327 e. The normalized spacial score (nSPS) is 16.0. The van der Waals surface area contributed by atoms with Crippen LogP contribution in [0.5, 0.6) is 5.19 Å². The monoisotopic (exact) mass is 341 g/mol. The Morgan fingerprint density at radius 2 is 1.92 bits per heavy atom. The van der Waals surface area contributed by atoms with Gasteiger partial charge in [-0.05, 0) is 48.9 Å². The third kappa shape index (κ3) is 2.96. The molecule has 24 heavy (non-hydrogen) atoms. The molecule has 2 heterocycles. The molecule has 1 fully saturated rings.